The number of nitrogens with zero attached hydrogens (tertiary/aromatic N) is 4. The van der Waals surface area contributed by atoms with Crippen molar-refractivity contribution in [2.24, 2.45) is 0 Å². The maximum Gasteiger partial charge on any atom is 0.335 e. The van der Waals surface area contributed by atoms with Crippen molar-refractivity contribution in [2.75, 3.05) is 37.7 Å². The number of ether oxygens (including phenoxy) is 2. The zero-order valence-electron chi connectivity index (χ0n) is 23.2. The van der Waals surface area contributed by atoms with Crippen molar-refractivity contribution in [3.8, 4) is 5.75 Å². The van der Waals surface area contributed by atoms with Gasteiger partial charge in [-0.15, -0.1) is 0 Å². The monoisotopic (exact) mass is 606 g/mol. The molecule has 7 rings (SSSR count). The summed E-state index contributed by atoms with van der Waals surface area (Å²) in [4.78, 5) is 20.9. The summed E-state index contributed by atoms with van der Waals surface area (Å²) in [6.45, 7) is 4.73. The van der Waals surface area contributed by atoms with Crippen LogP contribution in [0.5, 0.6) is 5.75 Å². The molecular formula is C32H29ClF2N4O4. The molecule has 1 N–H and O–H groups in total. The van der Waals surface area contributed by atoms with Crippen LogP contribution in [0.3, 0.4) is 0 Å². The minimum Gasteiger partial charge on any atom is -0.478 e. The fraction of sp³-hybridized carbons (Fsp3) is 0.312. The first-order valence-corrected chi connectivity index (χ1v) is 14.7. The third-order valence-corrected chi connectivity index (χ3v) is 8.63. The van der Waals surface area contributed by atoms with E-state index in [0.717, 1.165) is 48.7 Å². The van der Waals surface area contributed by atoms with E-state index in [0.29, 0.717) is 37.5 Å². The van der Waals surface area contributed by atoms with E-state index < -0.39 is 23.7 Å². The summed E-state index contributed by atoms with van der Waals surface area (Å²) >= 11 is 5.92. The van der Waals surface area contributed by atoms with Gasteiger partial charge in [0.2, 0.25) is 0 Å². The molecule has 0 saturated carbocycles. The van der Waals surface area contributed by atoms with Crippen molar-refractivity contribution in [1.82, 2.24) is 14.5 Å². The van der Waals surface area contributed by atoms with E-state index >= 15 is 4.39 Å². The Hall–Kier alpha value is -3.99. The van der Waals surface area contributed by atoms with Gasteiger partial charge in [0.1, 0.15) is 23.6 Å². The maximum absolute atomic E-state index is 15.2. The highest BCUT2D eigenvalue weighted by Crippen LogP contribution is 2.44. The number of imidazole rings is 1. The van der Waals surface area contributed by atoms with Crippen molar-refractivity contribution in [3.05, 3.63) is 94.0 Å². The Morgan fingerprint density at radius 3 is 2.60 bits per heavy atom. The molecule has 4 aromatic rings. The van der Waals surface area contributed by atoms with Crippen LogP contribution in [0.1, 0.15) is 39.8 Å². The molecule has 43 heavy (non-hydrogen) atoms. The molecule has 11 heteroatoms. The molecule has 3 aromatic carbocycles. The van der Waals surface area contributed by atoms with Crippen molar-refractivity contribution in [1.29, 1.82) is 0 Å². The summed E-state index contributed by atoms with van der Waals surface area (Å²) in [6.07, 6.45) is 1.42. The Balaban J connectivity index is 1.10. The number of anilines is 1. The largest absolute Gasteiger partial charge is 0.478 e. The Kier molecular flexibility index (Phi) is 7.28. The van der Waals surface area contributed by atoms with Gasteiger partial charge in [0.25, 0.3) is 0 Å². The number of carboxylic acids is 1. The van der Waals surface area contributed by atoms with E-state index in [-0.39, 0.29) is 22.3 Å². The number of aromatic nitrogens is 2. The van der Waals surface area contributed by atoms with Crippen molar-refractivity contribution in [3.63, 3.8) is 0 Å². The van der Waals surface area contributed by atoms with Gasteiger partial charge in [-0.2, -0.15) is 0 Å². The van der Waals surface area contributed by atoms with Crippen molar-refractivity contribution < 1.29 is 28.2 Å². The van der Waals surface area contributed by atoms with Gasteiger partial charge in [0.05, 0.1) is 47.0 Å². The normalized spacial score (nSPS) is 20.3. The standard InChI is InChI=1S/C32H29ClF2N4O4/c33-20-5-6-22(24(34)15-20)29-16-25(35)23-2-1-3-27(31(23)43-29)38-11-9-37(10-12-38)18-30-36-26-7-4-19(32(40)41)14-28(26)39(30)17-21-8-13-42-21/h1-7,14-16,21,29H,8-13,17-18H2,(H,40,41)/t21-,29+/m0/s1. The molecule has 4 heterocycles. The molecule has 3 aliphatic rings. The lowest BCUT2D eigenvalue weighted by Crippen LogP contribution is -2.46. The van der Waals surface area contributed by atoms with Gasteiger partial charge in [-0.25, -0.2) is 18.6 Å². The molecule has 2 saturated heterocycles. The van der Waals surface area contributed by atoms with Gasteiger partial charge in [-0.05, 0) is 55.0 Å². The highest BCUT2D eigenvalue weighted by atomic mass is 35.5. The highest BCUT2D eigenvalue weighted by Gasteiger charge is 2.30. The van der Waals surface area contributed by atoms with Gasteiger partial charge in [0, 0.05) is 43.4 Å². The second-order valence-corrected chi connectivity index (χ2v) is 11.5. The Morgan fingerprint density at radius 2 is 1.88 bits per heavy atom. The Labute approximate surface area is 251 Å². The van der Waals surface area contributed by atoms with Crippen LogP contribution in [0.2, 0.25) is 5.02 Å². The summed E-state index contributed by atoms with van der Waals surface area (Å²) in [5.41, 5.74) is 3.10. The molecule has 0 radical (unpaired) electrons. The molecule has 3 aliphatic heterocycles. The smallest absolute Gasteiger partial charge is 0.335 e. The SMILES string of the molecule is O=C(O)c1ccc2nc(CN3CCN(c4cccc5c4O[C@@H](c4ccc(Cl)cc4F)C=C5F)CC3)n(C[C@@H]3CCO3)c2c1. The maximum atomic E-state index is 15.2. The van der Waals surface area contributed by atoms with E-state index in [1.807, 2.05) is 6.07 Å². The van der Waals surface area contributed by atoms with Gasteiger partial charge >= 0.3 is 5.97 Å². The van der Waals surface area contributed by atoms with E-state index in [1.54, 1.807) is 36.4 Å². The number of halogens is 3. The quantitative estimate of drug-likeness (QED) is 0.273. The first-order valence-electron chi connectivity index (χ1n) is 14.3. The molecule has 0 bridgehead atoms. The Bertz CT molecular complexity index is 1750. The molecule has 0 unspecified atom stereocenters. The van der Waals surface area contributed by atoms with E-state index in [2.05, 4.69) is 14.4 Å². The summed E-state index contributed by atoms with van der Waals surface area (Å²) in [7, 11) is 0. The topological polar surface area (TPSA) is 80.1 Å². The molecule has 8 nitrogen and oxygen atoms in total. The number of aromatic carboxylic acids is 1. The van der Waals surface area contributed by atoms with Crippen LogP contribution in [0.15, 0.2) is 60.7 Å². The predicted molar refractivity (Wildman–Crippen MR) is 159 cm³/mol. The van der Waals surface area contributed by atoms with Crippen molar-refractivity contribution >= 4 is 40.1 Å². The number of benzene rings is 3. The molecule has 0 amide bonds. The van der Waals surface area contributed by atoms with Crippen LogP contribution < -0.4 is 9.64 Å². The average molecular weight is 607 g/mol. The van der Waals surface area contributed by atoms with Gasteiger partial charge in [-0.1, -0.05) is 23.7 Å². The minimum absolute atomic E-state index is 0.0883. The van der Waals surface area contributed by atoms with E-state index in [1.165, 1.54) is 18.2 Å². The molecule has 1 aromatic heterocycles. The number of hydrogen-bond acceptors (Lipinski definition) is 6. The average Bonchev–Trinajstić information content (AvgIpc) is 3.31. The lowest BCUT2D eigenvalue weighted by Gasteiger charge is -2.38. The van der Waals surface area contributed by atoms with E-state index in [4.69, 9.17) is 26.1 Å². The van der Waals surface area contributed by atoms with Crippen LogP contribution in [-0.2, 0) is 17.8 Å². The van der Waals surface area contributed by atoms with E-state index in [9.17, 15) is 14.3 Å². The highest BCUT2D eigenvalue weighted by molar-refractivity contribution is 6.30. The van der Waals surface area contributed by atoms with Gasteiger partial charge < -0.3 is 24.0 Å². The molecule has 0 aliphatic carbocycles. The third kappa shape index (κ3) is 5.35. The molecule has 0 spiro atoms. The zero-order chi connectivity index (χ0) is 29.7. The first-order chi connectivity index (χ1) is 20.8. The van der Waals surface area contributed by atoms with Crippen LogP contribution in [0.25, 0.3) is 16.9 Å². The molecule has 2 atom stereocenters. The van der Waals surface area contributed by atoms with Crippen LogP contribution >= 0.6 is 11.6 Å². The number of piperazine rings is 1. The fourth-order valence-corrected chi connectivity index (χ4v) is 6.12. The summed E-state index contributed by atoms with van der Waals surface area (Å²) in [6, 6.07) is 14.7. The summed E-state index contributed by atoms with van der Waals surface area (Å²) in [5, 5.41) is 9.78. The predicted octanol–water partition coefficient (Wildman–Crippen LogP) is 6.08. The second kappa shape index (κ2) is 11.3. The summed E-state index contributed by atoms with van der Waals surface area (Å²) in [5.74, 6) is -0.722. The lowest BCUT2D eigenvalue weighted by molar-refractivity contribution is -0.0592. The minimum atomic E-state index is -0.973. The second-order valence-electron chi connectivity index (χ2n) is 11.1. The van der Waals surface area contributed by atoms with Gasteiger partial charge in [0.15, 0.2) is 5.75 Å². The van der Waals surface area contributed by atoms with Crippen LogP contribution in [0.4, 0.5) is 14.5 Å². The zero-order valence-corrected chi connectivity index (χ0v) is 23.9. The fourth-order valence-electron chi connectivity index (χ4n) is 5.96. The number of carbonyl (C=O) groups is 1. The number of para-hydroxylation sites is 1. The van der Waals surface area contributed by atoms with Crippen molar-refractivity contribution in [2.45, 2.75) is 31.7 Å². The molecular weight excluding hydrogens is 578 g/mol. The number of fused-ring (bicyclic) bond motifs is 2. The Morgan fingerprint density at radius 1 is 1.07 bits per heavy atom. The lowest BCUT2D eigenvalue weighted by atomic mass is 10.0. The third-order valence-electron chi connectivity index (χ3n) is 8.39. The molecule has 222 valence electrons. The summed E-state index contributed by atoms with van der Waals surface area (Å²) < 4.78 is 43.9. The van der Waals surface area contributed by atoms with Gasteiger partial charge in [-0.3, -0.25) is 4.90 Å². The van der Waals surface area contributed by atoms with Crippen LogP contribution in [0, 0.1) is 5.82 Å². The van der Waals surface area contributed by atoms with Crippen LogP contribution in [-0.4, -0.2) is 64.4 Å². The first kappa shape index (κ1) is 27.8. The number of carboxylic acid groups (broad SMARTS) is 1. The number of rotatable bonds is 7. The molecule has 2 fully saturated rings. The number of hydrogen-bond donors (Lipinski definition) is 1.